The minimum atomic E-state index is -0.122. The lowest BCUT2D eigenvalue weighted by Crippen LogP contribution is -2.21. The molecule has 0 amide bonds. The third-order valence-electron chi connectivity index (χ3n) is 3.89. The lowest BCUT2D eigenvalue weighted by molar-refractivity contribution is 0.302. The zero-order chi connectivity index (χ0) is 17.6. The maximum atomic E-state index is 12.6. The monoisotopic (exact) mass is 398 g/mol. The van der Waals surface area contributed by atoms with Crippen LogP contribution in [0.3, 0.4) is 0 Å². The fourth-order valence-corrected chi connectivity index (χ4v) is 3.03. The molecule has 3 rings (SSSR count). The highest BCUT2D eigenvalue weighted by atomic mass is 79.9. The number of benzene rings is 2. The minimum absolute atomic E-state index is 0.122. The van der Waals surface area contributed by atoms with Crippen LogP contribution in [-0.2, 0) is 19.7 Å². The van der Waals surface area contributed by atoms with Crippen LogP contribution in [0.25, 0.3) is 0 Å². The maximum absolute atomic E-state index is 12.6. The minimum Gasteiger partial charge on any atom is -0.487 e. The van der Waals surface area contributed by atoms with Gasteiger partial charge >= 0.3 is 0 Å². The van der Waals surface area contributed by atoms with Crippen LogP contribution in [0.2, 0.25) is 0 Å². The first-order valence-electron chi connectivity index (χ1n) is 8.01. The number of halogens is 1. The summed E-state index contributed by atoms with van der Waals surface area (Å²) in [5.41, 5.74) is 8.69. The van der Waals surface area contributed by atoms with Gasteiger partial charge in [-0.1, -0.05) is 54.6 Å². The highest BCUT2D eigenvalue weighted by molar-refractivity contribution is 9.10. The molecule has 0 saturated heterocycles. The fourth-order valence-electron chi connectivity index (χ4n) is 2.55. The summed E-state index contributed by atoms with van der Waals surface area (Å²) in [7, 11) is 0. The quantitative estimate of drug-likeness (QED) is 0.688. The van der Waals surface area contributed by atoms with Crippen LogP contribution in [0, 0.1) is 0 Å². The van der Waals surface area contributed by atoms with E-state index in [9.17, 15) is 4.79 Å². The number of hydrogen-bond acceptors (Lipinski definition) is 3. The summed E-state index contributed by atoms with van der Waals surface area (Å²) in [5, 5.41) is 0. The topological polar surface area (TPSA) is 57.2 Å². The van der Waals surface area contributed by atoms with Crippen LogP contribution in [0.4, 0.5) is 0 Å². The largest absolute Gasteiger partial charge is 0.487 e. The van der Waals surface area contributed by atoms with Gasteiger partial charge in [-0.05, 0) is 38.7 Å². The summed E-state index contributed by atoms with van der Waals surface area (Å²) in [5.74, 6) is 0.542. The van der Waals surface area contributed by atoms with E-state index in [4.69, 9.17) is 10.5 Å². The molecule has 128 valence electrons. The molecule has 4 nitrogen and oxygen atoms in total. The predicted octanol–water partition coefficient (Wildman–Crippen LogP) is 3.70. The molecular weight excluding hydrogens is 380 g/mol. The Labute approximate surface area is 155 Å². The van der Waals surface area contributed by atoms with Gasteiger partial charge in [0.25, 0.3) is 5.56 Å². The van der Waals surface area contributed by atoms with Gasteiger partial charge in [-0.25, -0.2) is 0 Å². The SMILES string of the molecule is NCc1cccc(Cn2ccc(OCc3ccccc3)c(Br)c2=O)c1. The number of rotatable bonds is 6. The normalized spacial score (nSPS) is 10.6. The molecule has 0 radical (unpaired) electrons. The Hall–Kier alpha value is -2.37. The average molecular weight is 399 g/mol. The van der Waals surface area contributed by atoms with Gasteiger partial charge in [-0.2, -0.15) is 0 Å². The van der Waals surface area contributed by atoms with Crippen LogP contribution in [0.15, 0.2) is 76.1 Å². The lowest BCUT2D eigenvalue weighted by atomic mass is 10.1. The van der Waals surface area contributed by atoms with Gasteiger partial charge in [0.2, 0.25) is 0 Å². The summed E-state index contributed by atoms with van der Waals surface area (Å²) >= 11 is 3.37. The van der Waals surface area contributed by atoms with Crippen molar-refractivity contribution < 1.29 is 4.74 Å². The Morgan fingerprint density at radius 2 is 1.68 bits per heavy atom. The Morgan fingerprint density at radius 1 is 0.960 bits per heavy atom. The second-order valence-electron chi connectivity index (χ2n) is 5.73. The number of aromatic nitrogens is 1. The Kier molecular flexibility index (Phi) is 5.68. The zero-order valence-corrected chi connectivity index (χ0v) is 15.3. The summed E-state index contributed by atoms with van der Waals surface area (Å²) in [6, 6.07) is 19.6. The van der Waals surface area contributed by atoms with E-state index in [0.29, 0.717) is 29.9 Å². The first-order valence-corrected chi connectivity index (χ1v) is 8.80. The molecule has 1 aromatic heterocycles. The molecule has 1 heterocycles. The van der Waals surface area contributed by atoms with Gasteiger partial charge in [0.1, 0.15) is 16.8 Å². The van der Waals surface area contributed by atoms with Gasteiger partial charge in [0.05, 0.1) is 6.54 Å². The number of pyridine rings is 1. The summed E-state index contributed by atoms with van der Waals surface area (Å²) < 4.78 is 7.85. The molecule has 0 unspecified atom stereocenters. The van der Waals surface area contributed by atoms with Crippen molar-refractivity contribution in [3.05, 3.63) is 98.4 Å². The Balaban J connectivity index is 1.76. The lowest BCUT2D eigenvalue weighted by Gasteiger charge is -2.12. The molecule has 2 N–H and O–H groups in total. The number of nitrogens with two attached hydrogens (primary N) is 1. The molecule has 0 atom stereocenters. The standard InChI is InChI=1S/C20H19BrN2O2/c21-19-18(25-14-15-5-2-1-3-6-15)9-10-23(20(19)24)13-17-8-4-7-16(11-17)12-22/h1-11H,12-14,22H2. The molecule has 0 fully saturated rings. The number of ether oxygens (including phenoxy) is 1. The molecule has 2 aromatic carbocycles. The molecule has 0 aliphatic rings. The highest BCUT2D eigenvalue weighted by Crippen LogP contribution is 2.21. The van der Waals surface area contributed by atoms with Crippen molar-refractivity contribution in [3.63, 3.8) is 0 Å². The molecule has 0 saturated carbocycles. The van der Waals surface area contributed by atoms with E-state index in [-0.39, 0.29) is 5.56 Å². The van der Waals surface area contributed by atoms with Crippen molar-refractivity contribution in [2.24, 2.45) is 5.73 Å². The van der Waals surface area contributed by atoms with E-state index in [1.165, 1.54) is 0 Å². The average Bonchev–Trinajstić information content (AvgIpc) is 2.66. The van der Waals surface area contributed by atoms with Crippen molar-refractivity contribution in [3.8, 4) is 5.75 Å². The number of hydrogen-bond donors (Lipinski definition) is 1. The Bertz CT molecular complexity index is 907. The van der Waals surface area contributed by atoms with Crippen LogP contribution >= 0.6 is 15.9 Å². The molecule has 5 heteroatoms. The van der Waals surface area contributed by atoms with Crippen molar-refractivity contribution in [2.75, 3.05) is 0 Å². The van der Waals surface area contributed by atoms with Gasteiger partial charge in [0, 0.05) is 12.7 Å². The van der Waals surface area contributed by atoms with E-state index in [1.807, 2.05) is 54.6 Å². The van der Waals surface area contributed by atoms with E-state index in [2.05, 4.69) is 15.9 Å². The van der Waals surface area contributed by atoms with Crippen LogP contribution < -0.4 is 16.0 Å². The van der Waals surface area contributed by atoms with Crippen molar-refractivity contribution in [2.45, 2.75) is 19.7 Å². The molecule has 25 heavy (non-hydrogen) atoms. The van der Waals surface area contributed by atoms with Gasteiger partial charge in [-0.3, -0.25) is 4.79 Å². The molecule has 0 aliphatic carbocycles. The summed E-state index contributed by atoms with van der Waals surface area (Å²) in [4.78, 5) is 12.6. The van der Waals surface area contributed by atoms with E-state index >= 15 is 0 Å². The maximum Gasteiger partial charge on any atom is 0.268 e. The molecule has 0 aliphatic heterocycles. The molecule has 0 spiro atoms. The summed E-state index contributed by atoms with van der Waals surface area (Å²) in [6.07, 6.45) is 1.75. The third kappa shape index (κ3) is 4.38. The van der Waals surface area contributed by atoms with E-state index in [1.54, 1.807) is 16.8 Å². The van der Waals surface area contributed by atoms with E-state index < -0.39 is 0 Å². The number of nitrogens with zero attached hydrogens (tertiary/aromatic N) is 1. The van der Waals surface area contributed by atoms with Gasteiger partial charge < -0.3 is 15.0 Å². The first kappa shape index (κ1) is 17.5. The summed E-state index contributed by atoms with van der Waals surface area (Å²) in [6.45, 7) is 1.39. The molecular formula is C20H19BrN2O2. The highest BCUT2D eigenvalue weighted by Gasteiger charge is 2.09. The Morgan fingerprint density at radius 3 is 2.44 bits per heavy atom. The van der Waals surface area contributed by atoms with Crippen molar-refractivity contribution >= 4 is 15.9 Å². The van der Waals surface area contributed by atoms with Crippen LogP contribution in [-0.4, -0.2) is 4.57 Å². The van der Waals surface area contributed by atoms with Gasteiger partial charge in [0.15, 0.2) is 0 Å². The van der Waals surface area contributed by atoms with Crippen LogP contribution in [0.5, 0.6) is 5.75 Å². The molecule has 0 bridgehead atoms. The first-order chi connectivity index (χ1) is 12.2. The smallest absolute Gasteiger partial charge is 0.268 e. The second-order valence-corrected chi connectivity index (χ2v) is 6.52. The zero-order valence-electron chi connectivity index (χ0n) is 13.7. The fraction of sp³-hybridized carbons (Fsp3) is 0.150. The third-order valence-corrected chi connectivity index (χ3v) is 4.62. The molecule has 3 aromatic rings. The van der Waals surface area contributed by atoms with Crippen LogP contribution in [0.1, 0.15) is 16.7 Å². The second kappa shape index (κ2) is 8.14. The van der Waals surface area contributed by atoms with Crippen molar-refractivity contribution in [1.82, 2.24) is 4.57 Å². The predicted molar refractivity (Wildman–Crippen MR) is 103 cm³/mol. The van der Waals surface area contributed by atoms with E-state index in [0.717, 1.165) is 16.7 Å². The van der Waals surface area contributed by atoms with Crippen molar-refractivity contribution in [1.29, 1.82) is 0 Å². The van der Waals surface area contributed by atoms with Gasteiger partial charge in [-0.15, -0.1) is 0 Å².